The lowest BCUT2D eigenvalue weighted by Crippen LogP contribution is -2.42. The predicted octanol–water partition coefficient (Wildman–Crippen LogP) is 4.19. The molecule has 0 fully saturated rings. The van der Waals surface area contributed by atoms with Crippen molar-refractivity contribution in [1.82, 2.24) is 10.9 Å². The number of thioether (sulfide) groups is 1. The fourth-order valence-corrected chi connectivity index (χ4v) is 3.00. The Labute approximate surface area is 157 Å². The van der Waals surface area contributed by atoms with E-state index in [-0.39, 0.29) is 17.1 Å². The van der Waals surface area contributed by atoms with Gasteiger partial charge in [0, 0.05) is 4.90 Å². The fourth-order valence-electron chi connectivity index (χ4n) is 2.08. The third-order valence-electron chi connectivity index (χ3n) is 3.52. The number of amides is 2. The summed E-state index contributed by atoms with van der Waals surface area (Å²) in [4.78, 5) is 24.8. The van der Waals surface area contributed by atoms with E-state index in [9.17, 15) is 9.59 Å². The van der Waals surface area contributed by atoms with Gasteiger partial charge in [0.15, 0.2) is 0 Å². The van der Waals surface area contributed by atoms with Gasteiger partial charge in [-0.1, -0.05) is 56.6 Å². The lowest BCUT2D eigenvalue weighted by atomic mass is 9.87. The van der Waals surface area contributed by atoms with Gasteiger partial charge in [-0.05, 0) is 35.2 Å². The Morgan fingerprint density at radius 1 is 1.00 bits per heavy atom. The summed E-state index contributed by atoms with van der Waals surface area (Å²) >= 11 is 7.35. The van der Waals surface area contributed by atoms with Crippen molar-refractivity contribution >= 4 is 35.2 Å². The minimum Gasteiger partial charge on any atom is -0.272 e. The first kappa shape index (κ1) is 19.3. The number of hydrogen-bond acceptors (Lipinski definition) is 3. The molecule has 2 amide bonds. The Balaban J connectivity index is 1.81. The van der Waals surface area contributed by atoms with E-state index in [1.54, 1.807) is 24.3 Å². The molecule has 132 valence electrons. The first-order valence-corrected chi connectivity index (χ1v) is 9.21. The maximum atomic E-state index is 12.0. The molecule has 0 saturated heterocycles. The number of benzene rings is 2. The minimum absolute atomic E-state index is 0.101. The molecule has 2 aromatic rings. The number of halogens is 1. The van der Waals surface area contributed by atoms with Crippen molar-refractivity contribution < 1.29 is 9.59 Å². The van der Waals surface area contributed by atoms with Crippen molar-refractivity contribution in [3.8, 4) is 0 Å². The van der Waals surface area contributed by atoms with E-state index in [0.29, 0.717) is 10.6 Å². The van der Waals surface area contributed by atoms with E-state index in [1.165, 1.54) is 17.3 Å². The second-order valence-electron chi connectivity index (χ2n) is 6.55. The highest BCUT2D eigenvalue weighted by atomic mass is 35.5. The van der Waals surface area contributed by atoms with Crippen LogP contribution in [0.2, 0.25) is 5.02 Å². The van der Waals surface area contributed by atoms with Crippen molar-refractivity contribution in [1.29, 1.82) is 0 Å². The van der Waals surface area contributed by atoms with Crippen LogP contribution in [0.3, 0.4) is 0 Å². The van der Waals surface area contributed by atoms with Gasteiger partial charge in [0.05, 0.1) is 16.3 Å². The molecule has 4 nitrogen and oxygen atoms in total. The smallest absolute Gasteiger partial charge is 0.271 e. The molecule has 0 aromatic heterocycles. The molecule has 0 heterocycles. The summed E-state index contributed by atoms with van der Waals surface area (Å²) in [5.41, 5.74) is 6.42. The zero-order valence-electron chi connectivity index (χ0n) is 14.4. The standard InChI is InChI=1S/C19H21ClN2O2S/c1-19(2,3)13-8-10-14(11-9-13)25-12-17(23)21-22-18(24)15-6-4-5-7-16(15)20/h4-11H,12H2,1-3H3,(H,21,23)(H,22,24). The second-order valence-corrected chi connectivity index (χ2v) is 8.00. The molecule has 6 heteroatoms. The van der Waals surface area contributed by atoms with Crippen LogP contribution in [0.1, 0.15) is 36.7 Å². The van der Waals surface area contributed by atoms with Gasteiger partial charge < -0.3 is 0 Å². The van der Waals surface area contributed by atoms with E-state index in [2.05, 4.69) is 43.8 Å². The quantitative estimate of drug-likeness (QED) is 0.621. The van der Waals surface area contributed by atoms with Crippen molar-refractivity contribution in [3.63, 3.8) is 0 Å². The van der Waals surface area contributed by atoms with Crippen LogP contribution in [0.15, 0.2) is 53.4 Å². The predicted molar refractivity (Wildman–Crippen MR) is 103 cm³/mol. The topological polar surface area (TPSA) is 58.2 Å². The van der Waals surface area contributed by atoms with Crippen LogP contribution in [0.25, 0.3) is 0 Å². The highest BCUT2D eigenvalue weighted by Crippen LogP contribution is 2.25. The van der Waals surface area contributed by atoms with Crippen LogP contribution in [-0.2, 0) is 10.2 Å². The summed E-state index contributed by atoms with van der Waals surface area (Å²) in [6, 6.07) is 14.8. The van der Waals surface area contributed by atoms with Crippen molar-refractivity contribution in [2.24, 2.45) is 0 Å². The summed E-state index contributed by atoms with van der Waals surface area (Å²) in [7, 11) is 0. The normalized spacial score (nSPS) is 11.0. The average Bonchev–Trinajstić information content (AvgIpc) is 2.58. The molecule has 25 heavy (non-hydrogen) atoms. The Hall–Kier alpha value is -1.98. The summed E-state index contributed by atoms with van der Waals surface area (Å²) in [6.45, 7) is 6.47. The SMILES string of the molecule is CC(C)(C)c1ccc(SCC(=O)NNC(=O)c2ccccc2Cl)cc1. The van der Waals surface area contributed by atoms with Gasteiger partial charge in [-0.15, -0.1) is 11.8 Å². The highest BCUT2D eigenvalue weighted by Gasteiger charge is 2.13. The molecule has 2 aromatic carbocycles. The fraction of sp³-hybridized carbons (Fsp3) is 0.263. The molecule has 0 spiro atoms. The van der Waals surface area contributed by atoms with Crippen LogP contribution < -0.4 is 10.9 Å². The van der Waals surface area contributed by atoms with Crippen LogP contribution >= 0.6 is 23.4 Å². The van der Waals surface area contributed by atoms with Crippen LogP contribution in [-0.4, -0.2) is 17.6 Å². The average molecular weight is 377 g/mol. The molecule has 0 aliphatic carbocycles. The molecule has 2 N–H and O–H groups in total. The van der Waals surface area contributed by atoms with E-state index < -0.39 is 5.91 Å². The third-order valence-corrected chi connectivity index (χ3v) is 4.87. The van der Waals surface area contributed by atoms with Gasteiger partial charge in [-0.3, -0.25) is 20.4 Å². The van der Waals surface area contributed by atoms with Gasteiger partial charge in [0.1, 0.15) is 0 Å². The molecule has 0 saturated carbocycles. The van der Waals surface area contributed by atoms with Gasteiger partial charge in [-0.2, -0.15) is 0 Å². The third kappa shape index (κ3) is 5.80. The first-order chi connectivity index (χ1) is 11.8. The van der Waals surface area contributed by atoms with E-state index in [4.69, 9.17) is 11.6 Å². The highest BCUT2D eigenvalue weighted by molar-refractivity contribution is 8.00. The maximum absolute atomic E-state index is 12.0. The Bertz CT molecular complexity index is 755. The molecule has 0 bridgehead atoms. The zero-order valence-corrected chi connectivity index (χ0v) is 16.0. The molecule has 0 atom stereocenters. The van der Waals surface area contributed by atoms with Crippen molar-refractivity contribution in [2.75, 3.05) is 5.75 Å². The monoisotopic (exact) mass is 376 g/mol. The number of hydrogen-bond donors (Lipinski definition) is 2. The van der Waals surface area contributed by atoms with Crippen molar-refractivity contribution in [3.05, 3.63) is 64.7 Å². The van der Waals surface area contributed by atoms with Crippen molar-refractivity contribution in [2.45, 2.75) is 31.1 Å². The van der Waals surface area contributed by atoms with Crippen LogP contribution in [0.4, 0.5) is 0 Å². The minimum atomic E-state index is -0.446. The summed E-state index contributed by atoms with van der Waals surface area (Å²) in [6.07, 6.45) is 0. The zero-order chi connectivity index (χ0) is 18.4. The molecular weight excluding hydrogens is 356 g/mol. The van der Waals surface area contributed by atoms with Gasteiger partial charge in [-0.25, -0.2) is 0 Å². The molecule has 2 rings (SSSR count). The summed E-state index contributed by atoms with van der Waals surface area (Å²) < 4.78 is 0. The lowest BCUT2D eigenvalue weighted by Gasteiger charge is -2.19. The maximum Gasteiger partial charge on any atom is 0.271 e. The number of rotatable bonds is 4. The second kappa shape index (κ2) is 8.41. The first-order valence-electron chi connectivity index (χ1n) is 7.84. The van der Waals surface area contributed by atoms with Gasteiger partial charge in [0.2, 0.25) is 5.91 Å². The van der Waals surface area contributed by atoms with Crippen LogP contribution in [0, 0.1) is 0 Å². The molecular formula is C19H21ClN2O2S. The molecule has 0 aliphatic heterocycles. The Morgan fingerprint density at radius 3 is 2.24 bits per heavy atom. The Kier molecular flexibility index (Phi) is 6.51. The largest absolute Gasteiger partial charge is 0.272 e. The summed E-state index contributed by atoms with van der Waals surface area (Å²) in [5.74, 6) is -0.527. The van der Waals surface area contributed by atoms with Gasteiger partial charge >= 0.3 is 0 Å². The number of hydrazine groups is 1. The molecule has 0 unspecified atom stereocenters. The van der Waals surface area contributed by atoms with Crippen LogP contribution in [0.5, 0.6) is 0 Å². The van der Waals surface area contributed by atoms with E-state index in [1.807, 2.05) is 12.1 Å². The Morgan fingerprint density at radius 2 is 1.64 bits per heavy atom. The number of carbonyl (C=O) groups excluding carboxylic acids is 2. The molecule has 0 aliphatic rings. The molecule has 0 radical (unpaired) electrons. The summed E-state index contributed by atoms with van der Waals surface area (Å²) in [5, 5.41) is 0.336. The van der Waals surface area contributed by atoms with Gasteiger partial charge in [0.25, 0.3) is 5.91 Å². The number of nitrogens with one attached hydrogen (secondary N) is 2. The van der Waals surface area contributed by atoms with E-state index in [0.717, 1.165) is 4.90 Å². The van der Waals surface area contributed by atoms with E-state index >= 15 is 0 Å². The lowest BCUT2D eigenvalue weighted by molar-refractivity contribution is -0.119. The number of carbonyl (C=O) groups is 2.